The molecule has 0 aromatic heterocycles. The Balaban J connectivity index is 2.28. The molecule has 0 aliphatic carbocycles. The molecular weight excluding hydrogens is 210 g/mol. The molecule has 84 valence electrons. The average Bonchev–Trinajstić information content (AvgIpc) is 2.33. The lowest BCUT2D eigenvalue weighted by atomic mass is 10.1. The second-order valence-electron chi connectivity index (χ2n) is 3.91. The molecule has 0 saturated carbocycles. The van der Waals surface area contributed by atoms with Crippen LogP contribution in [0.3, 0.4) is 0 Å². The molecule has 17 heavy (non-hydrogen) atoms. The highest BCUT2D eigenvalue weighted by Gasteiger charge is 2.00. The summed E-state index contributed by atoms with van der Waals surface area (Å²) in [5, 5.41) is 12.0. The zero-order valence-electron chi connectivity index (χ0n) is 9.57. The van der Waals surface area contributed by atoms with Crippen LogP contribution < -0.4 is 11.1 Å². The molecule has 0 unspecified atom stereocenters. The third-order valence-corrected chi connectivity index (χ3v) is 2.48. The maximum atomic E-state index is 8.82. The van der Waals surface area contributed by atoms with Crippen LogP contribution >= 0.6 is 0 Å². The number of nitrogens with one attached hydrogen (secondary N) is 1. The number of nitriles is 1. The van der Waals surface area contributed by atoms with Crippen molar-refractivity contribution in [2.45, 2.75) is 6.92 Å². The largest absolute Gasteiger partial charge is 0.397 e. The third kappa shape index (κ3) is 2.56. The monoisotopic (exact) mass is 223 g/mol. The summed E-state index contributed by atoms with van der Waals surface area (Å²) in [4.78, 5) is 0. The minimum Gasteiger partial charge on any atom is -0.397 e. The molecule has 0 aliphatic rings. The Morgan fingerprint density at radius 3 is 2.71 bits per heavy atom. The summed E-state index contributed by atoms with van der Waals surface area (Å²) >= 11 is 0. The lowest BCUT2D eigenvalue weighted by molar-refractivity contribution is 1.44. The zero-order chi connectivity index (χ0) is 12.3. The number of nitrogens with two attached hydrogens (primary N) is 1. The van der Waals surface area contributed by atoms with Gasteiger partial charge in [-0.1, -0.05) is 12.1 Å². The Bertz CT molecular complexity index is 582. The second kappa shape index (κ2) is 4.58. The van der Waals surface area contributed by atoms with Crippen LogP contribution in [0.5, 0.6) is 0 Å². The number of rotatable bonds is 2. The number of hydrogen-bond donors (Lipinski definition) is 2. The second-order valence-corrected chi connectivity index (χ2v) is 3.91. The van der Waals surface area contributed by atoms with Gasteiger partial charge in [0.1, 0.15) is 0 Å². The van der Waals surface area contributed by atoms with Gasteiger partial charge in [0.05, 0.1) is 23.0 Å². The summed E-state index contributed by atoms with van der Waals surface area (Å²) in [5.74, 6) is 0. The van der Waals surface area contributed by atoms with Crippen molar-refractivity contribution in [2.75, 3.05) is 11.1 Å². The van der Waals surface area contributed by atoms with Crippen molar-refractivity contribution in [3.8, 4) is 6.07 Å². The lowest BCUT2D eigenvalue weighted by Crippen LogP contribution is -1.96. The van der Waals surface area contributed by atoms with Crippen LogP contribution in [0, 0.1) is 18.3 Å². The molecule has 0 saturated heterocycles. The fraction of sp³-hybridized carbons (Fsp3) is 0.0714. The fourth-order valence-electron chi connectivity index (χ4n) is 1.62. The number of nitrogens with zero attached hydrogens (tertiary/aromatic N) is 1. The predicted molar refractivity (Wildman–Crippen MR) is 70.0 cm³/mol. The first-order valence-electron chi connectivity index (χ1n) is 5.32. The summed E-state index contributed by atoms with van der Waals surface area (Å²) in [6.07, 6.45) is 0. The highest BCUT2D eigenvalue weighted by atomic mass is 14.9. The molecule has 0 spiro atoms. The van der Waals surface area contributed by atoms with Gasteiger partial charge < -0.3 is 11.1 Å². The van der Waals surface area contributed by atoms with Crippen molar-refractivity contribution in [1.82, 2.24) is 0 Å². The Kier molecular flexibility index (Phi) is 2.97. The van der Waals surface area contributed by atoms with Crippen molar-refractivity contribution in [3.05, 3.63) is 53.6 Å². The number of aryl methyl sites for hydroxylation is 1. The van der Waals surface area contributed by atoms with Crippen LogP contribution in [0.25, 0.3) is 0 Å². The molecule has 0 fully saturated rings. The zero-order valence-corrected chi connectivity index (χ0v) is 9.57. The van der Waals surface area contributed by atoms with E-state index in [0.29, 0.717) is 11.3 Å². The minimum atomic E-state index is 0.626. The Morgan fingerprint density at radius 2 is 2.00 bits per heavy atom. The molecule has 2 rings (SSSR count). The van der Waals surface area contributed by atoms with E-state index in [1.807, 2.05) is 37.3 Å². The summed E-state index contributed by atoms with van der Waals surface area (Å²) in [6, 6.07) is 15.2. The van der Waals surface area contributed by atoms with Crippen molar-refractivity contribution in [2.24, 2.45) is 0 Å². The van der Waals surface area contributed by atoms with Crippen LogP contribution in [0.1, 0.15) is 11.1 Å². The maximum Gasteiger partial charge on any atom is 0.0992 e. The van der Waals surface area contributed by atoms with E-state index in [0.717, 1.165) is 16.9 Å². The minimum absolute atomic E-state index is 0.626. The average molecular weight is 223 g/mol. The number of hydrogen-bond acceptors (Lipinski definition) is 3. The van der Waals surface area contributed by atoms with Gasteiger partial charge in [0.15, 0.2) is 0 Å². The molecule has 2 aromatic carbocycles. The highest BCUT2D eigenvalue weighted by molar-refractivity contribution is 5.73. The molecule has 0 amide bonds. The molecule has 0 radical (unpaired) electrons. The normalized spacial score (nSPS) is 9.65. The smallest absolute Gasteiger partial charge is 0.0992 e. The van der Waals surface area contributed by atoms with E-state index in [9.17, 15) is 0 Å². The Morgan fingerprint density at radius 1 is 1.18 bits per heavy atom. The van der Waals surface area contributed by atoms with E-state index in [4.69, 9.17) is 11.0 Å². The molecule has 0 aliphatic heterocycles. The van der Waals surface area contributed by atoms with Crippen molar-refractivity contribution < 1.29 is 0 Å². The van der Waals surface area contributed by atoms with Crippen LogP contribution in [0.15, 0.2) is 42.5 Å². The summed E-state index contributed by atoms with van der Waals surface area (Å²) in [7, 11) is 0. The van der Waals surface area contributed by atoms with Crippen molar-refractivity contribution in [3.63, 3.8) is 0 Å². The van der Waals surface area contributed by atoms with Gasteiger partial charge in [0.2, 0.25) is 0 Å². The Labute approximate surface area is 101 Å². The van der Waals surface area contributed by atoms with Crippen LogP contribution in [0.4, 0.5) is 17.1 Å². The van der Waals surface area contributed by atoms with Crippen molar-refractivity contribution in [1.29, 1.82) is 5.26 Å². The predicted octanol–water partition coefficient (Wildman–Crippen LogP) is 3.19. The summed E-state index contributed by atoms with van der Waals surface area (Å²) < 4.78 is 0. The van der Waals surface area contributed by atoms with Gasteiger partial charge >= 0.3 is 0 Å². The topological polar surface area (TPSA) is 61.8 Å². The maximum absolute atomic E-state index is 8.82. The van der Waals surface area contributed by atoms with E-state index < -0.39 is 0 Å². The number of anilines is 3. The highest BCUT2D eigenvalue weighted by Crippen LogP contribution is 2.24. The first kappa shape index (κ1) is 11.0. The van der Waals surface area contributed by atoms with E-state index in [2.05, 4.69) is 11.4 Å². The van der Waals surface area contributed by atoms with Crippen molar-refractivity contribution >= 4 is 17.1 Å². The SMILES string of the molecule is Cc1ccc(Nc2cccc(C#N)c2)c(N)c1. The molecule has 3 heteroatoms. The van der Waals surface area contributed by atoms with E-state index in [1.54, 1.807) is 12.1 Å². The van der Waals surface area contributed by atoms with Gasteiger partial charge in [-0.3, -0.25) is 0 Å². The Hall–Kier alpha value is -2.47. The molecule has 2 aromatic rings. The van der Waals surface area contributed by atoms with Gasteiger partial charge in [-0.15, -0.1) is 0 Å². The first-order valence-corrected chi connectivity index (χ1v) is 5.32. The van der Waals surface area contributed by atoms with Crippen LogP contribution in [-0.4, -0.2) is 0 Å². The quantitative estimate of drug-likeness (QED) is 0.768. The standard InChI is InChI=1S/C14H13N3/c1-10-5-6-14(13(16)7-10)17-12-4-2-3-11(8-12)9-15/h2-8,17H,16H2,1H3. The van der Waals surface area contributed by atoms with E-state index in [1.165, 1.54) is 0 Å². The molecule has 0 bridgehead atoms. The molecule has 0 heterocycles. The van der Waals surface area contributed by atoms with Gasteiger partial charge in [0, 0.05) is 5.69 Å². The number of benzene rings is 2. The van der Waals surface area contributed by atoms with E-state index in [-0.39, 0.29) is 0 Å². The van der Waals surface area contributed by atoms with Gasteiger partial charge in [0.25, 0.3) is 0 Å². The van der Waals surface area contributed by atoms with E-state index >= 15 is 0 Å². The molecule has 3 N–H and O–H groups in total. The summed E-state index contributed by atoms with van der Waals surface area (Å²) in [6.45, 7) is 2.00. The summed E-state index contributed by atoms with van der Waals surface area (Å²) in [5.41, 5.74) is 10.1. The number of nitrogen functional groups attached to an aromatic ring is 1. The van der Waals surface area contributed by atoms with Gasteiger partial charge in [-0.2, -0.15) is 5.26 Å². The molecular formula is C14H13N3. The van der Waals surface area contributed by atoms with Crippen LogP contribution in [-0.2, 0) is 0 Å². The van der Waals surface area contributed by atoms with Gasteiger partial charge in [-0.25, -0.2) is 0 Å². The third-order valence-electron chi connectivity index (χ3n) is 2.48. The molecule has 0 atom stereocenters. The fourth-order valence-corrected chi connectivity index (χ4v) is 1.62. The first-order chi connectivity index (χ1) is 8.19. The lowest BCUT2D eigenvalue weighted by Gasteiger charge is -2.10. The molecule has 3 nitrogen and oxygen atoms in total. The van der Waals surface area contributed by atoms with Gasteiger partial charge in [-0.05, 0) is 42.8 Å². The van der Waals surface area contributed by atoms with Crippen LogP contribution in [0.2, 0.25) is 0 Å².